The van der Waals surface area contributed by atoms with Crippen LogP contribution in [0.2, 0.25) is 0 Å². The summed E-state index contributed by atoms with van der Waals surface area (Å²) in [6.45, 7) is 12.0. The third-order valence-electron chi connectivity index (χ3n) is 7.73. The van der Waals surface area contributed by atoms with Crippen LogP contribution in [0.25, 0.3) is 11.5 Å². The van der Waals surface area contributed by atoms with Crippen LogP contribution in [0.4, 0.5) is 0 Å². The van der Waals surface area contributed by atoms with Gasteiger partial charge in [-0.05, 0) is 82.0 Å². The Kier molecular flexibility index (Phi) is 7.32. The molecule has 0 radical (unpaired) electrons. The van der Waals surface area contributed by atoms with Crippen LogP contribution in [-0.2, 0) is 11.2 Å². The van der Waals surface area contributed by atoms with Crippen molar-refractivity contribution >= 4 is 5.91 Å². The Bertz CT molecular complexity index is 970. The zero-order valence-corrected chi connectivity index (χ0v) is 20.5. The minimum atomic E-state index is -0.141. The first-order chi connectivity index (χ1) is 15.8. The Morgan fingerprint density at radius 3 is 2.48 bits per heavy atom. The van der Waals surface area contributed by atoms with Crippen LogP contribution >= 0.6 is 0 Å². The van der Waals surface area contributed by atoms with E-state index in [0.29, 0.717) is 29.6 Å². The number of likely N-dealkylation sites (tertiary alicyclic amines) is 1. The predicted molar refractivity (Wildman–Crippen MR) is 130 cm³/mol. The minimum Gasteiger partial charge on any atom is -0.421 e. The van der Waals surface area contributed by atoms with E-state index in [2.05, 4.69) is 61.0 Å². The van der Waals surface area contributed by atoms with Crippen molar-refractivity contribution in [2.75, 3.05) is 19.6 Å². The molecular formula is C27H38N4O2. The number of primary amides is 1. The van der Waals surface area contributed by atoms with Gasteiger partial charge in [-0.3, -0.25) is 4.79 Å². The van der Waals surface area contributed by atoms with Gasteiger partial charge in [0.25, 0.3) is 0 Å². The van der Waals surface area contributed by atoms with E-state index in [1.165, 1.54) is 11.1 Å². The first-order valence-electron chi connectivity index (χ1n) is 12.4. The smallest absolute Gasteiger partial charge is 0.247 e. The van der Waals surface area contributed by atoms with Crippen molar-refractivity contribution in [1.29, 1.82) is 0 Å². The van der Waals surface area contributed by atoms with Gasteiger partial charge in [0.1, 0.15) is 0 Å². The quantitative estimate of drug-likeness (QED) is 0.621. The Morgan fingerprint density at radius 2 is 1.85 bits per heavy atom. The lowest BCUT2D eigenvalue weighted by Gasteiger charge is -2.40. The first-order valence-corrected chi connectivity index (χ1v) is 12.4. The molecule has 1 fully saturated rings. The molecule has 2 aromatic rings. The maximum absolute atomic E-state index is 11.5. The lowest BCUT2D eigenvalue weighted by atomic mass is 9.69. The molecule has 6 heteroatoms. The van der Waals surface area contributed by atoms with Crippen molar-refractivity contribution in [3.05, 3.63) is 47.4 Å². The number of aromatic nitrogens is 2. The van der Waals surface area contributed by atoms with E-state index in [1.807, 2.05) is 12.1 Å². The van der Waals surface area contributed by atoms with Crippen LogP contribution in [0.15, 0.2) is 40.3 Å². The largest absolute Gasteiger partial charge is 0.421 e. The fourth-order valence-corrected chi connectivity index (χ4v) is 5.54. The van der Waals surface area contributed by atoms with Crippen molar-refractivity contribution in [3.63, 3.8) is 0 Å². The number of carbonyl (C=O) groups excluding carboxylic acids is 1. The Hall–Kier alpha value is -2.47. The van der Waals surface area contributed by atoms with E-state index in [4.69, 9.17) is 10.2 Å². The Morgan fingerprint density at radius 1 is 1.15 bits per heavy atom. The number of amides is 1. The summed E-state index contributed by atoms with van der Waals surface area (Å²) in [5.41, 5.74) is 9.13. The highest BCUT2D eigenvalue weighted by molar-refractivity contribution is 5.76. The van der Waals surface area contributed by atoms with Crippen molar-refractivity contribution < 1.29 is 9.21 Å². The first kappa shape index (κ1) is 23.7. The van der Waals surface area contributed by atoms with Gasteiger partial charge in [-0.1, -0.05) is 43.2 Å². The number of hydrogen-bond donors (Lipinski definition) is 1. The molecule has 4 rings (SSSR count). The highest BCUT2D eigenvalue weighted by atomic mass is 16.4. The van der Waals surface area contributed by atoms with Gasteiger partial charge in [-0.2, -0.15) is 0 Å². The van der Waals surface area contributed by atoms with E-state index in [1.54, 1.807) is 0 Å². The lowest BCUT2D eigenvalue weighted by molar-refractivity contribution is -0.123. The van der Waals surface area contributed by atoms with Gasteiger partial charge < -0.3 is 15.1 Å². The molecule has 178 valence electrons. The number of carbonyl (C=O) groups is 1. The second-order valence-electron chi connectivity index (χ2n) is 10.5. The summed E-state index contributed by atoms with van der Waals surface area (Å²) in [6.07, 6.45) is 6.21. The molecule has 1 amide bonds. The van der Waals surface area contributed by atoms with Crippen molar-refractivity contribution in [1.82, 2.24) is 15.1 Å². The summed E-state index contributed by atoms with van der Waals surface area (Å²) in [5, 5.41) is 8.65. The molecule has 1 aliphatic carbocycles. The van der Waals surface area contributed by atoms with Crippen LogP contribution in [0.5, 0.6) is 0 Å². The summed E-state index contributed by atoms with van der Waals surface area (Å²) < 4.78 is 6.04. The summed E-state index contributed by atoms with van der Waals surface area (Å²) in [6, 6.07) is 8.20. The van der Waals surface area contributed by atoms with Crippen LogP contribution in [0.1, 0.15) is 51.5 Å². The zero-order valence-electron chi connectivity index (χ0n) is 20.5. The van der Waals surface area contributed by atoms with E-state index in [9.17, 15) is 4.79 Å². The van der Waals surface area contributed by atoms with Crippen LogP contribution in [0.3, 0.4) is 0 Å². The second-order valence-corrected chi connectivity index (χ2v) is 10.5. The van der Waals surface area contributed by atoms with Gasteiger partial charge in [0, 0.05) is 24.4 Å². The standard InChI is InChI=1S/C27H38N4O2/c1-17(2)24-14-22(15-25-29-30-27(33-25)21-7-5-18(3)6-8-21)19(4)13-23(24)16-31-11-9-20(10-12-31)26(28)32/h5-8,13,17,20,22-24H,9-12,14-16H2,1-4H3,(H2,28,32)/t22-,23-,24-/m0/s1. The minimum absolute atomic E-state index is 0.0503. The number of aryl methyl sites for hydroxylation is 1. The average Bonchev–Trinajstić information content (AvgIpc) is 3.24. The molecule has 6 nitrogen and oxygen atoms in total. The second kappa shape index (κ2) is 10.2. The monoisotopic (exact) mass is 450 g/mol. The summed E-state index contributed by atoms with van der Waals surface area (Å²) in [5.74, 6) is 3.42. The molecular weight excluding hydrogens is 412 g/mol. The number of rotatable bonds is 7. The highest BCUT2D eigenvalue weighted by Gasteiger charge is 2.34. The third kappa shape index (κ3) is 5.72. The number of hydrogen-bond acceptors (Lipinski definition) is 5. The maximum Gasteiger partial charge on any atom is 0.247 e. The van der Waals surface area contributed by atoms with Crippen molar-refractivity contribution in [2.24, 2.45) is 35.3 Å². The van der Waals surface area contributed by atoms with Crippen molar-refractivity contribution in [3.8, 4) is 11.5 Å². The fourth-order valence-electron chi connectivity index (χ4n) is 5.54. The van der Waals surface area contributed by atoms with Crippen LogP contribution in [0, 0.1) is 36.5 Å². The molecule has 3 atom stereocenters. The number of nitrogens with two attached hydrogens (primary N) is 1. The molecule has 2 N–H and O–H groups in total. The number of allylic oxidation sites excluding steroid dienone is 1. The molecule has 0 unspecified atom stereocenters. The van der Waals surface area contributed by atoms with E-state index >= 15 is 0 Å². The molecule has 1 aromatic heterocycles. The topological polar surface area (TPSA) is 85.2 Å². The summed E-state index contributed by atoms with van der Waals surface area (Å²) >= 11 is 0. The number of piperidine rings is 1. The fraction of sp³-hybridized carbons (Fsp3) is 0.593. The normalized spacial score (nSPS) is 24.8. The van der Waals surface area contributed by atoms with E-state index in [0.717, 1.165) is 56.8 Å². The Balaban J connectivity index is 1.41. The van der Waals surface area contributed by atoms with Gasteiger partial charge in [-0.15, -0.1) is 10.2 Å². The highest BCUT2D eigenvalue weighted by Crippen LogP contribution is 2.39. The van der Waals surface area contributed by atoms with Gasteiger partial charge in [-0.25, -0.2) is 0 Å². The molecule has 0 bridgehead atoms. The summed E-state index contributed by atoms with van der Waals surface area (Å²) in [7, 11) is 0. The zero-order chi connectivity index (χ0) is 23.5. The number of nitrogens with zero attached hydrogens (tertiary/aromatic N) is 3. The SMILES string of the molecule is CC1=C[C@@H](CN2CCC(C(N)=O)CC2)[C@H](C(C)C)C[C@H]1Cc1nnc(-c2ccc(C)cc2)o1. The molecule has 2 heterocycles. The third-order valence-corrected chi connectivity index (χ3v) is 7.73. The van der Waals surface area contributed by atoms with Gasteiger partial charge >= 0.3 is 0 Å². The number of benzene rings is 1. The van der Waals surface area contributed by atoms with E-state index in [-0.39, 0.29) is 11.8 Å². The molecule has 1 saturated heterocycles. The van der Waals surface area contributed by atoms with Crippen molar-refractivity contribution in [2.45, 2.75) is 53.4 Å². The maximum atomic E-state index is 11.5. The van der Waals surface area contributed by atoms with Crippen LogP contribution in [-0.4, -0.2) is 40.6 Å². The summed E-state index contributed by atoms with van der Waals surface area (Å²) in [4.78, 5) is 14.0. The molecule has 1 aromatic carbocycles. The Labute approximate surface area is 197 Å². The van der Waals surface area contributed by atoms with Gasteiger partial charge in [0.05, 0.1) is 0 Å². The van der Waals surface area contributed by atoms with Gasteiger partial charge in [0.2, 0.25) is 17.7 Å². The molecule has 1 aliphatic heterocycles. The lowest BCUT2D eigenvalue weighted by Crippen LogP contribution is -2.43. The molecule has 0 spiro atoms. The predicted octanol–water partition coefficient (Wildman–Crippen LogP) is 4.64. The van der Waals surface area contributed by atoms with Gasteiger partial charge in [0.15, 0.2) is 0 Å². The van der Waals surface area contributed by atoms with Crippen LogP contribution < -0.4 is 5.73 Å². The molecule has 0 saturated carbocycles. The molecule has 33 heavy (non-hydrogen) atoms. The average molecular weight is 451 g/mol. The molecule has 2 aliphatic rings. The van der Waals surface area contributed by atoms with E-state index < -0.39 is 0 Å².